The Labute approximate surface area is 145 Å². The van der Waals surface area contributed by atoms with E-state index in [0.29, 0.717) is 18.8 Å². The first kappa shape index (κ1) is 17.5. The number of carbonyl (C=O) groups excluding carboxylic acids is 1. The van der Waals surface area contributed by atoms with Gasteiger partial charge in [-0.2, -0.15) is 0 Å². The largest absolute Gasteiger partial charge is 0.338 e. The lowest BCUT2D eigenvalue weighted by Crippen LogP contribution is -2.37. The van der Waals surface area contributed by atoms with Gasteiger partial charge in [0.05, 0.1) is 17.5 Å². The van der Waals surface area contributed by atoms with E-state index in [9.17, 15) is 13.2 Å². The van der Waals surface area contributed by atoms with Crippen molar-refractivity contribution in [1.29, 1.82) is 0 Å². The van der Waals surface area contributed by atoms with Crippen molar-refractivity contribution in [2.45, 2.75) is 39.2 Å². The third-order valence-corrected chi connectivity index (χ3v) is 7.50. The number of carbonyl (C=O) groups is 1. The molecular formula is C19H27NO3S. The van der Waals surface area contributed by atoms with Gasteiger partial charge in [-0.1, -0.05) is 44.2 Å². The van der Waals surface area contributed by atoms with Crippen molar-refractivity contribution in [3.63, 3.8) is 0 Å². The van der Waals surface area contributed by atoms with Gasteiger partial charge in [-0.15, -0.1) is 0 Å². The molecule has 1 aliphatic carbocycles. The molecule has 1 aromatic rings. The molecule has 2 fully saturated rings. The van der Waals surface area contributed by atoms with Gasteiger partial charge in [0.2, 0.25) is 5.91 Å². The quantitative estimate of drug-likeness (QED) is 0.839. The molecule has 1 saturated carbocycles. The van der Waals surface area contributed by atoms with Crippen LogP contribution in [-0.4, -0.2) is 37.8 Å². The average Bonchev–Trinajstić information content (AvgIpc) is 3.25. The molecule has 2 atom stereocenters. The van der Waals surface area contributed by atoms with E-state index in [1.165, 1.54) is 0 Å². The summed E-state index contributed by atoms with van der Waals surface area (Å²) in [6.07, 6.45) is 2.15. The monoisotopic (exact) mass is 349 g/mol. The van der Waals surface area contributed by atoms with E-state index in [4.69, 9.17) is 0 Å². The van der Waals surface area contributed by atoms with Crippen molar-refractivity contribution in [2.24, 2.45) is 17.3 Å². The fourth-order valence-electron chi connectivity index (χ4n) is 4.28. The summed E-state index contributed by atoms with van der Waals surface area (Å²) in [5.74, 6) is 0.988. The standard InChI is InChI=1S/C19H27NO3S/c1-14(2)17(15-7-5-4-6-8-15)20(3)18(21)16-13-19(16)9-11-24(22,23)12-10-19/h4-8,14,16-17H,9-13H2,1-3H3/t16-,17+/m0/s1. The topological polar surface area (TPSA) is 54.5 Å². The van der Waals surface area contributed by atoms with Gasteiger partial charge in [0, 0.05) is 13.0 Å². The van der Waals surface area contributed by atoms with Crippen molar-refractivity contribution in [3.8, 4) is 0 Å². The number of benzene rings is 1. The summed E-state index contributed by atoms with van der Waals surface area (Å²) in [7, 11) is -0.986. The molecule has 1 saturated heterocycles. The SMILES string of the molecule is CC(C)[C@H](c1ccccc1)N(C)C(=O)[C@@H]1CC12CCS(=O)(=O)CC2. The Morgan fingerprint density at radius 3 is 2.29 bits per heavy atom. The molecule has 0 N–H and O–H groups in total. The Morgan fingerprint density at radius 1 is 1.17 bits per heavy atom. The number of hydrogen-bond donors (Lipinski definition) is 0. The van der Waals surface area contributed by atoms with Crippen molar-refractivity contribution < 1.29 is 13.2 Å². The molecule has 132 valence electrons. The second-order valence-electron chi connectivity index (χ2n) is 7.82. The van der Waals surface area contributed by atoms with Crippen LogP contribution in [0, 0.1) is 17.3 Å². The summed E-state index contributed by atoms with van der Waals surface area (Å²) in [4.78, 5) is 14.9. The highest BCUT2D eigenvalue weighted by atomic mass is 32.2. The van der Waals surface area contributed by atoms with Gasteiger partial charge in [0.25, 0.3) is 0 Å². The van der Waals surface area contributed by atoms with Crippen LogP contribution in [0.4, 0.5) is 0 Å². The number of nitrogens with zero attached hydrogens (tertiary/aromatic N) is 1. The van der Waals surface area contributed by atoms with E-state index in [-0.39, 0.29) is 34.8 Å². The van der Waals surface area contributed by atoms with E-state index in [0.717, 1.165) is 12.0 Å². The van der Waals surface area contributed by atoms with Crippen molar-refractivity contribution in [1.82, 2.24) is 4.90 Å². The number of hydrogen-bond acceptors (Lipinski definition) is 3. The van der Waals surface area contributed by atoms with Crippen molar-refractivity contribution in [3.05, 3.63) is 35.9 Å². The van der Waals surface area contributed by atoms with E-state index in [2.05, 4.69) is 26.0 Å². The average molecular weight is 349 g/mol. The van der Waals surface area contributed by atoms with Crippen LogP contribution in [0.1, 0.15) is 44.7 Å². The zero-order chi connectivity index (χ0) is 17.5. The van der Waals surface area contributed by atoms with Crippen LogP contribution >= 0.6 is 0 Å². The molecule has 2 aliphatic rings. The molecule has 1 spiro atoms. The fourth-order valence-corrected chi connectivity index (χ4v) is 5.92. The predicted molar refractivity (Wildman–Crippen MR) is 95.2 cm³/mol. The van der Waals surface area contributed by atoms with Crippen molar-refractivity contribution in [2.75, 3.05) is 18.6 Å². The molecule has 1 aromatic carbocycles. The highest BCUT2D eigenvalue weighted by molar-refractivity contribution is 7.91. The fraction of sp³-hybridized carbons (Fsp3) is 0.632. The summed E-state index contributed by atoms with van der Waals surface area (Å²) in [5.41, 5.74) is 1.11. The molecule has 1 aliphatic heterocycles. The second-order valence-corrected chi connectivity index (χ2v) is 10.1. The van der Waals surface area contributed by atoms with Crippen LogP contribution in [0.2, 0.25) is 0 Å². The smallest absolute Gasteiger partial charge is 0.226 e. The number of amides is 1. The Kier molecular flexibility index (Phi) is 4.49. The third-order valence-electron chi connectivity index (χ3n) is 5.85. The molecule has 0 unspecified atom stereocenters. The Balaban J connectivity index is 1.73. The predicted octanol–water partition coefficient (Wildman–Crippen LogP) is 3.06. The maximum atomic E-state index is 13.0. The van der Waals surface area contributed by atoms with Gasteiger partial charge in [-0.25, -0.2) is 8.42 Å². The maximum Gasteiger partial charge on any atom is 0.226 e. The third kappa shape index (κ3) is 3.23. The van der Waals surface area contributed by atoms with Crippen LogP contribution in [0.25, 0.3) is 0 Å². The maximum absolute atomic E-state index is 13.0. The Morgan fingerprint density at radius 2 is 1.75 bits per heavy atom. The van der Waals surface area contributed by atoms with E-state index in [1.54, 1.807) is 0 Å². The van der Waals surface area contributed by atoms with Crippen LogP contribution in [-0.2, 0) is 14.6 Å². The molecule has 0 radical (unpaired) electrons. The molecule has 1 amide bonds. The summed E-state index contributed by atoms with van der Waals surface area (Å²) in [6.45, 7) is 4.27. The zero-order valence-corrected chi connectivity index (χ0v) is 15.6. The van der Waals surface area contributed by atoms with Crippen LogP contribution < -0.4 is 0 Å². The van der Waals surface area contributed by atoms with Gasteiger partial charge >= 0.3 is 0 Å². The lowest BCUT2D eigenvalue weighted by molar-refractivity contribution is -0.135. The minimum atomic E-state index is -2.88. The summed E-state index contributed by atoms with van der Waals surface area (Å²) < 4.78 is 23.3. The highest BCUT2D eigenvalue weighted by Crippen LogP contribution is 2.60. The minimum Gasteiger partial charge on any atom is -0.338 e. The Hall–Kier alpha value is -1.36. The van der Waals surface area contributed by atoms with Crippen LogP contribution in [0.5, 0.6) is 0 Å². The van der Waals surface area contributed by atoms with E-state index in [1.807, 2.05) is 30.1 Å². The van der Waals surface area contributed by atoms with Gasteiger partial charge in [0.1, 0.15) is 9.84 Å². The highest BCUT2D eigenvalue weighted by Gasteiger charge is 2.60. The molecule has 3 rings (SSSR count). The summed E-state index contributed by atoms with van der Waals surface area (Å²) in [5, 5.41) is 0. The first-order valence-electron chi connectivity index (χ1n) is 8.78. The Bertz CT molecular complexity index is 697. The van der Waals surface area contributed by atoms with Gasteiger partial charge in [-0.3, -0.25) is 4.79 Å². The first-order chi connectivity index (χ1) is 11.3. The molecule has 1 heterocycles. The molecular weight excluding hydrogens is 322 g/mol. The van der Waals surface area contributed by atoms with Gasteiger partial charge in [0.15, 0.2) is 0 Å². The minimum absolute atomic E-state index is 0.00274. The summed E-state index contributed by atoms with van der Waals surface area (Å²) >= 11 is 0. The van der Waals surface area contributed by atoms with Gasteiger partial charge in [-0.05, 0) is 36.2 Å². The van der Waals surface area contributed by atoms with Gasteiger partial charge < -0.3 is 4.90 Å². The molecule has 24 heavy (non-hydrogen) atoms. The number of sulfone groups is 1. The lowest BCUT2D eigenvalue weighted by atomic mass is 9.92. The van der Waals surface area contributed by atoms with Crippen molar-refractivity contribution >= 4 is 15.7 Å². The molecule has 5 heteroatoms. The normalized spacial score (nSPS) is 25.4. The number of rotatable bonds is 4. The summed E-state index contributed by atoms with van der Waals surface area (Å²) in [6, 6.07) is 10.2. The zero-order valence-electron chi connectivity index (χ0n) is 14.7. The van der Waals surface area contributed by atoms with E-state index >= 15 is 0 Å². The second kappa shape index (κ2) is 6.17. The molecule has 0 bridgehead atoms. The molecule has 4 nitrogen and oxygen atoms in total. The van der Waals surface area contributed by atoms with Crippen LogP contribution in [0.3, 0.4) is 0 Å². The first-order valence-corrected chi connectivity index (χ1v) is 10.6. The van der Waals surface area contributed by atoms with Crippen LogP contribution in [0.15, 0.2) is 30.3 Å². The lowest BCUT2D eigenvalue weighted by Gasteiger charge is -2.33. The van der Waals surface area contributed by atoms with E-state index < -0.39 is 9.84 Å². The molecule has 0 aromatic heterocycles.